The fourth-order valence-electron chi connectivity index (χ4n) is 3.26. The predicted molar refractivity (Wildman–Crippen MR) is 101 cm³/mol. The molecule has 0 saturated carbocycles. The van der Waals surface area contributed by atoms with Gasteiger partial charge in [-0.2, -0.15) is 0 Å². The Morgan fingerprint density at radius 3 is 2.56 bits per heavy atom. The van der Waals surface area contributed by atoms with E-state index < -0.39 is 4.92 Å². The van der Waals surface area contributed by atoms with Gasteiger partial charge in [0.2, 0.25) is 0 Å². The quantitative estimate of drug-likeness (QED) is 0.622. The van der Waals surface area contributed by atoms with E-state index in [1.165, 1.54) is 18.2 Å². The van der Waals surface area contributed by atoms with Gasteiger partial charge in [-0.3, -0.25) is 14.9 Å². The third-order valence-corrected chi connectivity index (χ3v) is 4.90. The Morgan fingerprint density at radius 2 is 1.93 bits per heavy atom. The van der Waals surface area contributed by atoms with Crippen LogP contribution in [0.4, 0.5) is 15.8 Å². The number of nitro benzene ring substituents is 1. The second-order valence-electron chi connectivity index (χ2n) is 6.86. The number of aryl methyl sites for hydroxylation is 1. The Kier molecular flexibility index (Phi) is 5.39. The number of amides is 1. The van der Waals surface area contributed by atoms with Gasteiger partial charge in [-0.05, 0) is 56.0 Å². The summed E-state index contributed by atoms with van der Waals surface area (Å²) in [6.07, 6.45) is 1.82. The summed E-state index contributed by atoms with van der Waals surface area (Å²) in [7, 11) is 0. The van der Waals surface area contributed by atoms with Crippen molar-refractivity contribution in [2.45, 2.75) is 32.7 Å². The zero-order valence-corrected chi connectivity index (χ0v) is 15.4. The van der Waals surface area contributed by atoms with Gasteiger partial charge in [0.25, 0.3) is 11.6 Å². The zero-order chi connectivity index (χ0) is 19.6. The van der Waals surface area contributed by atoms with Gasteiger partial charge in [0, 0.05) is 30.9 Å². The highest BCUT2D eigenvalue weighted by atomic mass is 19.1. The number of likely N-dealkylation sites (tertiary alicyclic amines) is 1. The molecule has 27 heavy (non-hydrogen) atoms. The second-order valence-corrected chi connectivity index (χ2v) is 6.86. The van der Waals surface area contributed by atoms with E-state index in [9.17, 15) is 19.3 Å². The highest BCUT2D eigenvalue weighted by Gasteiger charge is 2.27. The number of carbonyl (C=O) groups excluding carboxylic acids is 1. The van der Waals surface area contributed by atoms with Crippen molar-refractivity contribution in [1.82, 2.24) is 4.90 Å². The van der Waals surface area contributed by atoms with Crippen LogP contribution in [0.3, 0.4) is 0 Å². The van der Waals surface area contributed by atoms with Gasteiger partial charge >= 0.3 is 0 Å². The number of hydrogen-bond donors (Lipinski definition) is 1. The zero-order valence-electron chi connectivity index (χ0n) is 15.4. The summed E-state index contributed by atoms with van der Waals surface area (Å²) < 4.78 is 13.8. The molecule has 1 heterocycles. The normalized spacial score (nSPS) is 14.9. The van der Waals surface area contributed by atoms with Crippen LogP contribution in [0, 0.1) is 22.9 Å². The Labute approximate surface area is 157 Å². The molecular formula is C20H22FN3O3. The minimum atomic E-state index is -0.536. The minimum Gasteiger partial charge on any atom is -0.378 e. The van der Waals surface area contributed by atoms with Gasteiger partial charge in [-0.25, -0.2) is 4.39 Å². The monoisotopic (exact) mass is 371 g/mol. The van der Waals surface area contributed by atoms with Gasteiger partial charge in [-0.1, -0.05) is 12.1 Å². The smallest absolute Gasteiger partial charge is 0.282 e. The minimum absolute atomic E-state index is 0.0780. The number of nitrogens with zero attached hydrogens (tertiary/aromatic N) is 2. The first-order valence-corrected chi connectivity index (χ1v) is 8.97. The molecule has 2 aromatic carbocycles. The van der Waals surface area contributed by atoms with Crippen LogP contribution in [-0.4, -0.2) is 28.8 Å². The molecule has 3 rings (SSSR count). The summed E-state index contributed by atoms with van der Waals surface area (Å²) in [5.74, 6) is -0.605. The lowest BCUT2D eigenvalue weighted by molar-refractivity contribution is -0.385. The van der Waals surface area contributed by atoms with Crippen molar-refractivity contribution in [2.75, 3.05) is 18.4 Å². The fourth-order valence-corrected chi connectivity index (χ4v) is 3.26. The number of nitrogens with one attached hydrogen (secondary N) is 1. The molecule has 1 unspecified atom stereocenters. The maximum atomic E-state index is 13.8. The van der Waals surface area contributed by atoms with E-state index in [4.69, 9.17) is 0 Å². The lowest BCUT2D eigenvalue weighted by atomic mass is 10.0. The number of anilines is 1. The molecule has 2 aromatic rings. The topological polar surface area (TPSA) is 75.5 Å². The van der Waals surface area contributed by atoms with Crippen molar-refractivity contribution in [2.24, 2.45) is 0 Å². The van der Waals surface area contributed by atoms with Crippen LogP contribution in [0.5, 0.6) is 0 Å². The third-order valence-electron chi connectivity index (χ3n) is 4.90. The molecule has 1 saturated heterocycles. The van der Waals surface area contributed by atoms with Gasteiger partial charge < -0.3 is 10.2 Å². The molecule has 0 radical (unpaired) electrons. The highest BCUT2D eigenvalue weighted by molar-refractivity contribution is 5.99. The van der Waals surface area contributed by atoms with E-state index in [-0.39, 0.29) is 29.0 Å². The Bertz CT molecular complexity index is 879. The van der Waals surface area contributed by atoms with E-state index in [1.807, 2.05) is 13.0 Å². The number of rotatable bonds is 5. The van der Waals surface area contributed by atoms with Crippen LogP contribution in [-0.2, 0) is 0 Å². The van der Waals surface area contributed by atoms with Crippen LogP contribution in [0.15, 0.2) is 36.4 Å². The van der Waals surface area contributed by atoms with E-state index in [2.05, 4.69) is 5.32 Å². The molecule has 0 spiro atoms. The molecule has 1 N–H and O–H groups in total. The standard InChI is InChI=1S/C20H22FN3O3/c1-13-5-6-15(11-18(13)21)14(2)22-16-7-8-19(24(26)27)17(12-16)20(25)23-9-3-4-10-23/h5-8,11-12,14,22H,3-4,9-10H2,1-2H3. The molecule has 1 aliphatic rings. The van der Waals surface area contributed by atoms with Gasteiger partial charge in [0.15, 0.2) is 0 Å². The number of benzene rings is 2. The average Bonchev–Trinajstić information content (AvgIpc) is 3.17. The van der Waals surface area contributed by atoms with E-state index >= 15 is 0 Å². The third kappa shape index (κ3) is 4.07. The molecule has 1 fully saturated rings. The Hall–Kier alpha value is -2.96. The van der Waals surface area contributed by atoms with Crippen LogP contribution in [0.2, 0.25) is 0 Å². The van der Waals surface area contributed by atoms with Crippen molar-refractivity contribution in [3.63, 3.8) is 0 Å². The first-order chi connectivity index (χ1) is 12.9. The van der Waals surface area contributed by atoms with Gasteiger partial charge in [0.1, 0.15) is 11.4 Å². The van der Waals surface area contributed by atoms with E-state index in [0.29, 0.717) is 24.3 Å². The number of hydrogen-bond acceptors (Lipinski definition) is 4. The Balaban J connectivity index is 1.87. The molecule has 0 aliphatic carbocycles. The lowest BCUT2D eigenvalue weighted by Gasteiger charge is -2.19. The summed E-state index contributed by atoms with van der Waals surface area (Å²) in [5, 5.41) is 14.5. The van der Waals surface area contributed by atoms with Crippen molar-refractivity contribution in [1.29, 1.82) is 0 Å². The second kappa shape index (κ2) is 7.73. The fraction of sp³-hybridized carbons (Fsp3) is 0.350. The maximum absolute atomic E-state index is 13.8. The molecule has 0 bridgehead atoms. The summed E-state index contributed by atoms with van der Waals surface area (Å²) >= 11 is 0. The summed E-state index contributed by atoms with van der Waals surface area (Å²) in [4.78, 5) is 25.2. The number of halogens is 1. The van der Waals surface area contributed by atoms with E-state index in [1.54, 1.807) is 24.0 Å². The molecule has 142 valence electrons. The average molecular weight is 371 g/mol. The molecule has 1 aliphatic heterocycles. The van der Waals surface area contributed by atoms with Gasteiger partial charge in [-0.15, -0.1) is 0 Å². The summed E-state index contributed by atoms with van der Waals surface area (Å²) in [6.45, 7) is 4.80. The molecular weight excluding hydrogens is 349 g/mol. The van der Waals surface area contributed by atoms with Crippen molar-refractivity contribution < 1.29 is 14.1 Å². The molecule has 6 nitrogen and oxygen atoms in total. The number of carbonyl (C=O) groups is 1. The van der Waals surface area contributed by atoms with Gasteiger partial charge in [0.05, 0.1) is 4.92 Å². The first kappa shape index (κ1) is 18.8. The predicted octanol–water partition coefficient (Wildman–Crippen LogP) is 4.45. The van der Waals surface area contributed by atoms with Crippen LogP contribution < -0.4 is 5.32 Å². The molecule has 7 heteroatoms. The summed E-state index contributed by atoms with van der Waals surface area (Å²) in [6, 6.07) is 9.21. The largest absolute Gasteiger partial charge is 0.378 e. The summed E-state index contributed by atoms with van der Waals surface area (Å²) in [5.41, 5.74) is 1.78. The highest BCUT2D eigenvalue weighted by Crippen LogP contribution is 2.28. The molecule has 0 aromatic heterocycles. The Morgan fingerprint density at radius 1 is 1.22 bits per heavy atom. The van der Waals surface area contributed by atoms with Crippen LogP contribution in [0.25, 0.3) is 0 Å². The molecule has 1 atom stereocenters. The lowest BCUT2D eigenvalue weighted by Crippen LogP contribution is -2.28. The molecule has 1 amide bonds. The number of nitro groups is 1. The SMILES string of the molecule is Cc1ccc(C(C)Nc2ccc([N+](=O)[O-])c(C(=O)N3CCCC3)c2)cc1F. The van der Waals surface area contributed by atoms with Crippen molar-refractivity contribution in [3.8, 4) is 0 Å². The maximum Gasteiger partial charge on any atom is 0.282 e. The first-order valence-electron chi connectivity index (χ1n) is 8.97. The van der Waals surface area contributed by atoms with Crippen LogP contribution >= 0.6 is 0 Å². The van der Waals surface area contributed by atoms with Crippen LogP contribution in [0.1, 0.15) is 47.3 Å². The van der Waals surface area contributed by atoms with Crippen molar-refractivity contribution in [3.05, 3.63) is 69.0 Å². The van der Waals surface area contributed by atoms with Crippen molar-refractivity contribution >= 4 is 17.3 Å². The van der Waals surface area contributed by atoms with E-state index in [0.717, 1.165) is 18.4 Å².